The van der Waals surface area contributed by atoms with E-state index in [2.05, 4.69) is 29.2 Å². The summed E-state index contributed by atoms with van der Waals surface area (Å²) in [5.74, 6) is 5.96. The summed E-state index contributed by atoms with van der Waals surface area (Å²) in [6.45, 7) is 5.99. The van der Waals surface area contributed by atoms with E-state index in [-0.39, 0.29) is 12.2 Å². The van der Waals surface area contributed by atoms with Crippen molar-refractivity contribution in [1.29, 1.82) is 0 Å². The quantitative estimate of drug-likeness (QED) is 0.577. The number of aromatic nitrogens is 1. The van der Waals surface area contributed by atoms with E-state index in [1.54, 1.807) is 0 Å². The first kappa shape index (κ1) is 11.2. The van der Waals surface area contributed by atoms with Gasteiger partial charge in [-0.25, -0.2) is 10.8 Å². The molecule has 0 bridgehead atoms. The fourth-order valence-corrected chi connectivity index (χ4v) is 2.05. The molecule has 0 aliphatic carbocycles. The normalized spacial score (nSPS) is 25.6. The number of anilines is 2. The van der Waals surface area contributed by atoms with Crippen LogP contribution in [0.5, 0.6) is 0 Å². The summed E-state index contributed by atoms with van der Waals surface area (Å²) in [5.41, 5.74) is 3.63. The molecule has 1 saturated heterocycles. The lowest BCUT2D eigenvalue weighted by Crippen LogP contribution is -2.45. The van der Waals surface area contributed by atoms with Crippen LogP contribution in [0, 0.1) is 0 Å². The lowest BCUT2D eigenvalue weighted by atomic mass is 10.2. The Hall–Kier alpha value is -1.33. The molecule has 2 rings (SSSR count). The zero-order chi connectivity index (χ0) is 11.5. The predicted molar refractivity (Wildman–Crippen MR) is 64.3 cm³/mol. The van der Waals surface area contributed by atoms with Crippen molar-refractivity contribution in [2.45, 2.75) is 26.1 Å². The van der Waals surface area contributed by atoms with Gasteiger partial charge in [-0.05, 0) is 26.0 Å². The van der Waals surface area contributed by atoms with E-state index in [9.17, 15) is 0 Å². The first-order valence-electron chi connectivity index (χ1n) is 5.52. The standard InChI is InChI=1S/C11H18N4O/c1-8-6-15(7-9(2)16-8)10-3-4-11(14-12)13-5-10/h3-5,8-9H,6-7,12H2,1-2H3,(H,13,14). The molecule has 88 valence electrons. The zero-order valence-corrected chi connectivity index (χ0v) is 9.68. The summed E-state index contributed by atoms with van der Waals surface area (Å²) < 4.78 is 5.69. The van der Waals surface area contributed by atoms with Crippen LogP contribution in [0.1, 0.15) is 13.8 Å². The third-order valence-corrected chi connectivity index (χ3v) is 2.68. The molecule has 1 fully saturated rings. The summed E-state index contributed by atoms with van der Waals surface area (Å²) >= 11 is 0. The van der Waals surface area contributed by atoms with E-state index in [1.807, 2.05) is 18.3 Å². The average Bonchev–Trinajstić information content (AvgIpc) is 2.28. The number of morpholine rings is 1. The fraction of sp³-hybridized carbons (Fsp3) is 0.545. The van der Waals surface area contributed by atoms with Crippen molar-refractivity contribution in [3.8, 4) is 0 Å². The van der Waals surface area contributed by atoms with Crippen LogP contribution in [-0.2, 0) is 4.74 Å². The van der Waals surface area contributed by atoms with Crippen molar-refractivity contribution < 1.29 is 4.74 Å². The van der Waals surface area contributed by atoms with Gasteiger partial charge in [-0.2, -0.15) is 0 Å². The Labute approximate surface area is 95.6 Å². The monoisotopic (exact) mass is 222 g/mol. The van der Waals surface area contributed by atoms with Gasteiger partial charge < -0.3 is 15.1 Å². The van der Waals surface area contributed by atoms with E-state index < -0.39 is 0 Å². The van der Waals surface area contributed by atoms with Gasteiger partial charge in [0, 0.05) is 13.1 Å². The van der Waals surface area contributed by atoms with Gasteiger partial charge in [0.2, 0.25) is 0 Å². The molecule has 0 radical (unpaired) electrons. The van der Waals surface area contributed by atoms with Crippen LogP contribution in [0.4, 0.5) is 11.5 Å². The van der Waals surface area contributed by atoms with Crippen molar-refractivity contribution in [3.05, 3.63) is 18.3 Å². The van der Waals surface area contributed by atoms with Gasteiger partial charge in [0.25, 0.3) is 0 Å². The number of pyridine rings is 1. The second-order valence-corrected chi connectivity index (χ2v) is 4.21. The number of hydrazine groups is 1. The maximum absolute atomic E-state index is 5.69. The lowest BCUT2D eigenvalue weighted by molar-refractivity contribution is -0.00523. The minimum absolute atomic E-state index is 0.260. The van der Waals surface area contributed by atoms with Crippen molar-refractivity contribution in [2.75, 3.05) is 23.4 Å². The number of rotatable bonds is 2. The molecule has 1 aliphatic heterocycles. The molecule has 3 N–H and O–H groups in total. The number of hydrogen-bond acceptors (Lipinski definition) is 5. The minimum Gasteiger partial charge on any atom is -0.372 e. The molecule has 1 aromatic rings. The van der Waals surface area contributed by atoms with Crippen LogP contribution in [-0.4, -0.2) is 30.3 Å². The molecule has 2 atom stereocenters. The number of nitrogens with zero attached hydrogens (tertiary/aromatic N) is 2. The number of nitrogen functional groups attached to an aromatic ring is 1. The van der Waals surface area contributed by atoms with Crippen molar-refractivity contribution in [1.82, 2.24) is 4.98 Å². The Bertz CT molecular complexity index is 330. The Kier molecular flexibility index (Phi) is 3.26. The largest absolute Gasteiger partial charge is 0.372 e. The Balaban J connectivity index is 2.10. The van der Waals surface area contributed by atoms with Gasteiger partial charge >= 0.3 is 0 Å². The van der Waals surface area contributed by atoms with Crippen molar-refractivity contribution in [3.63, 3.8) is 0 Å². The first-order chi connectivity index (χ1) is 7.69. The Morgan fingerprint density at radius 1 is 1.38 bits per heavy atom. The topological polar surface area (TPSA) is 63.4 Å². The molecule has 1 aromatic heterocycles. The van der Waals surface area contributed by atoms with Gasteiger partial charge in [-0.3, -0.25) is 0 Å². The van der Waals surface area contributed by atoms with Gasteiger partial charge in [0.15, 0.2) is 0 Å². The molecule has 5 nitrogen and oxygen atoms in total. The van der Waals surface area contributed by atoms with Gasteiger partial charge in [-0.1, -0.05) is 0 Å². The third-order valence-electron chi connectivity index (χ3n) is 2.68. The molecular formula is C11H18N4O. The predicted octanol–water partition coefficient (Wildman–Crippen LogP) is 0.981. The highest BCUT2D eigenvalue weighted by atomic mass is 16.5. The number of hydrogen-bond donors (Lipinski definition) is 2. The van der Waals surface area contributed by atoms with Crippen LogP contribution >= 0.6 is 0 Å². The van der Waals surface area contributed by atoms with Gasteiger partial charge in [-0.15, -0.1) is 0 Å². The summed E-state index contributed by atoms with van der Waals surface area (Å²) in [6, 6.07) is 3.90. The van der Waals surface area contributed by atoms with Crippen LogP contribution in [0.15, 0.2) is 18.3 Å². The van der Waals surface area contributed by atoms with Crippen molar-refractivity contribution >= 4 is 11.5 Å². The lowest BCUT2D eigenvalue weighted by Gasteiger charge is -2.36. The van der Waals surface area contributed by atoms with E-state index >= 15 is 0 Å². The zero-order valence-electron chi connectivity index (χ0n) is 9.68. The number of ether oxygens (including phenoxy) is 1. The van der Waals surface area contributed by atoms with Crippen molar-refractivity contribution in [2.24, 2.45) is 5.84 Å². The Morgan fingerprint density at radius 2 is 2.06 bits per heavy atom. The smallest absolute Gasteiger partial charge is 0.140 e. The average molecular weight is 222 g/mol. The third kappa shape index (κ3) is 2.43. The second-order valence-electron chi connectivity index (χ2n) is 4.21. The molecule has 1 aliphatic rings. The number of nitrogens with two attached hydrogens (primary N) is 1. The fourth-order valence-electron chi connectivity index (χ4n) is 2.05. The van der Waals surface area contributed by atoms with Crippen LogP contribution in [0.25, 0.3) is 0 Å². The summed E-state index contributed by atoms with van der Waals surface area (Å²) in [7, 11) is 0. The molecule has 5 heteroatoms. The Morgan fingerprint density at radius 3 is 2.56 bits per heavy atom. The summed E-state index contributed by atoms with van der Waals surface area (Å²) in [4.78, 5) is 6.49. The van der Waals surface area contributed by atoms with Crippen LogP contribution < -0.4 is 16.2 Å². The minimum atomic E-state index is 0.260. The SMILES string of the molecule is CC1CN(c2ccc(NN)nc2)CC(C)O1. The molecule has 2 unspecified atom stereocenters. The van der Waals surface area contributed by atoms with Gasteiger partial charge in [0.1, 0.15) is 5.82 Å². The summed E-state index contributed by atoms with van der Waals surface area (Å²) in [5, 5.41) is 0. The van der Waals surface area contributed by atoms with Gasteiger partial charge in [0.05, 0.1) is 24.1 Å². The van der Waals surface area contributed by atoms with E-state index in [0.29, 0.717) is 5.82 Å². The summed E-state index contributed by atoms with van der Waals surface area (Å²) in [6.07, 6.45) is 2.35. The molecule has 0 saturated carbocycles. The number of nitrogens with one attached hydrogen (secondary N) is 1. The molecule has 0 amide bonds. The highest BCUT2D eigenvalue weighted by Crippen LogP contribution is 2.20. The van der Waals surface area contributed by atoms with E-state index in [0.717, 1.165) is 18.8 Å². The first-order valence-corrected chi connectivity index (χ1v) is 5.52. The molecule has 2 heterocycles. The highest BCUT2D eigenvalue weighted by Gasteiger charge is 2.22. The molecule has 16 heavy (non-hydrogen) atoms. The molecule has 0 aromatic carbocycles. The van der Waals surface area contributed by atoms with E-state index in [4.69, 9.17) is 10.6 Å². The second kappa shape index (κ2) is 4.67. The van der Waals surface area contributed by atoms with Crippen LogP contribution in [0.2, 0.25) is 0 Å². The molecular weight excluding hydrogens is 204 g/mol. The molecule has 0 spiro atoms. The van der Waals surface area contributed by atoms with Crippen LogP contribution in [0.3, 0.4) is 0 Å². The highest BCUT2D eigenvalue weighted by molar-refractivity contribution is 5.49. The maximum Gasteiger partial charge on any atom is 0.140 e. The van der Waals surface area contributed by atoms with E-state index in [1.165, 1.54) is 0 Å². The maximum atomic E-state index is 5.69.